The molecule has 3 aliphatic carbocycles. The molecule has 42 heavy (non-hydrogen) atoms. The number of epoxide rings is 1. The zero-order valence-corrected chi connectivity index (χ0v) is 25.3. The molecule has 7 fully saturated rings. The molecule has 2 spiro atoms. The molecule has 3 N–H and O–H groups in total. The Kier molecular flexibility index (Phi) is 6.34. The first-order valence-corrected chi connectivity index (χ1v) is 15.9. The Bertz CT molecular complexity index is 1210. The highest BCUT2D eigenvalue weighted by molar-refractivity contribution is 5.93. The molecule has 4 saturated heterocycles. The van der Waals surface area contributed by atoms with E-state index in [0.717, 1.165) is 38.5 Å². The summed E-state index contributed by atoms with van der Waals surface area (Å²) in [5.74, 6) is -5.62. The number of ether oxygens (including phenoxy) is 5. The highest BCUT2D eigenvalue weighted by Gasteiger charge is 2.91. The van der Waals surface area contributed by atoms with Gasteiger partial charge < -0.3 is 39.0 Å². The minimum Gasteiger partial charge on any atom is -0.459 e. The predicted molar refractivity (Wildman–Crippen MR) is 147 cm³/mol. The third kappa shape index (κ3) is 3.20. The average Bonchev–Trinajstić information content (AvgIpc) is 3.57. The first-order chi connectivity index (χ1) is 19.8. The van der Waals surface area contributed by atoms with Crippen molar-refractivity contribution in [2.24, 2.45) is 35.5 Å². The highest BCUT2D eigenvalue weighted by Crippen LogP contribution is 2.75. The topological polar surface area (TPSA) is 144 Å². The number of esters is 1. The molecule has 10 heteroatoms. The summed E-state index contributed by atoms with van der Waals surface area (Å²) in [7, 11) is 0. The average molecular weight is 591 g/mol. The lowest BCUT2D eigenvalue weighted by molar-refractivity contribution is -0.437. The van der Waals surface area contributed by atoms with E-state index < -0.39 is 94.8 Å². The first-order valence-electron chi connectivity index (χ1n) is 15.9. The number of aliphatic hydroxyl groups is 3. The van der Waals surface area contributed by atoms with E-state index in [1.807, 2.05) is 20.8 Å². The molecule has 0 aromatic heterocycles. The van der Waals surface area contributed by atoms with E-state index in [9.17, 15) is 24.9 Å². The highest BCUT2D eigenvalue weighted by atomic mass is 16.9. The van der Waals surface area contributed by atoms with Crippen LogP contribution in [0.2, 0.25) is 0 Å². The summed E-state index contributed by atoms with van der Waals surface area (Å²) in [5, 5.41) is 35.6. The molecule has 4 aliphatic heterocycles. The molecule has 0 amide bonds. The maximum absolute atomic E-state index is 14.3. The van der Waals surface area contributed by atoms with Crippen molar-refractivity contribution in [3.05, 3.63) is 12.2 Å². The Labute approximate surface area is 247 Å². The van der Waals surface area contributed by atoms with Gasteiger partial charge in [-0.15, -0.1) is 0 Å². The Balaban J connectivity index is 1.55. The molecule has 0 aromatic rings. The van der Waals surface area contributed by atoms with Gasteiger partial charge in [-0.3, -0.25) is 9.59 Å². The summed E-state index contributed by atoms with van der Waals surface area (Å²) in [6.07, 6.45) is 1.87. The summed E-state index contributed by atoms with van der Waals surface area (Å²) in [4.78, 5) is 27.0. The van der Waals surface area contributed by atoms with E-state index in [1.165, 1.54) is 6.92 Å². The number of hydrogen-bond donors (Lipinski definition) is 3. The third-order valence-corrected chi connectivity index (χ3v) is 12.5. The molecular formula is C32H46O10. The number of ketones is 1. The van der Waals surface area contributed by atoms with E-state index in [1.54, 1.807) is 0 Å². The number of Topliss-reactive ketones (excluding diaryl/α,β-unsaturated/α-hetero) is 1. The van der Waals surface area contributed by atoms with Gasteiger partial charge in [0.05, 0.1) is 12.2 Å². The normalized spacial score (nSPS) is 57.8. The van der Waals surface area contributed by atoms with Crippen molar-refractivity contribution < 1.29 is 48.6 Å². The Morgan fingerprint density at radius 3 is 2.40 bits per heavy atom. The fraction of sp³-hybridized carbons (Fsp3) is 0.875. The van der Waals surface area contributed by atoms with Crippen LogP contribution >= 0.6 is 0 Å². The molecule has 10 nitrogen and oxygen atoms in total. The zero-order chi connectivity index (χ0) is 30.2. The van der Waals surface area contributed by atoms with Crippen LogP contribution in [0.5, 0.6) is 0 Å². The zero-order valence-electron chi connectivity index (χ0n) is 25.3. The maximum atomic E-state index is 14.3. The Hall–Kier alpha value is -1.40. The fourth-order valence-corrected chi connectivity index (χ4v) is 10.8. The molecule has 0 aromatic carbocycles. The van der Waals surface area contributed by atoms with Gasteiger partial charge in [0.25, 0.3) is 5.97 Å². The van der Waals surface area contributed by atoms with Crippen LogP contribution in [0, 0.1) is 35.5 Å². The second-order valence-electron chi connectivity index (χ2n) is 14.6. The minimum absolute atomic E-state index is 0.0135. The molecule has 234 valence electrons. The van der Waals surface area contributed by atoms with E-state index in [-0.39, 0.29) is 11.8 Å². The van der Waals surface area contributed by atoms with Gasteiger partial charge in [0.2, 0.25) is 0 Å². The number of hydrogen-bond acceptors (Lipinski definition) is 10. The van der Waals surface area contributed by atoms with Gasteiger partial charge >= 0.3 is 5.97 Å². The van der Waals surface area contributed by atoms with Crippen molar-refractivity contribution in [3.63, 3.8) is 0 Å². The smallest absolute Gasteiger partial charge is 0.303 e. The van der Waals surface area contributed by atoms with Gasteiger partial charge in [-0.05, 0) is 30.8 Å². The number of carbonyl (C=O) groups is 2. The molecule has 3 bridgehead atoms. The van der Waals surface area contributed by atoms with Gasteiger partial charge in [0.15, 0.2) is 17.0 Å². The summed E-state index contributed by atoms with van der Waals surface area (Å²) in [5.41, 5.74) is -5.92. The van der Waals surface area contributed by atoms with Gasteiger partial charge in [-0.25, -0.2) is 0 Å². The standard InChI is InChI=1S/C32H46O10/c1-15(2)31-24(38-19(6)34)18(5)32-21-25-28(14-33,39-25)27(36)30(37)22(32)20(17(4)23(30)35)16(3)12-10-8-7-9-11-13-29(41-31,42-32)40-26(21)31/h16-18,20-22,24-27,33,36-37H,1,7-14H2,2-6H3/t16-,17-,18+,20-,21-,22+,24+,25-,26+,27+,28-,29-,30+,31-,32+/m0/s1. The van der Waals surface area contributed by atoms with Crippen LogP contribution in [0.4, 0.5) is 0 Å². The van der Waals surface area contributed by atoms with Gasteiger partial charge in [-0.1, -0.05) is 59.5 Å². The lowest BCUT2D eigenvalue weighted by atomic mass is 9.50. The number of rotatable bonds is 3. The van der Waals surface area contributed by atoms with Crippen LogP contribution in [0.3, 0.4) is 0 Å². The molecule has 0 radical (unpaired) electrons. The lowest BCUT2D eigenvalue weighted by Crippen LogP contribution is -2.77. The SMILES string of the molecule is C=C(C)[C@@]12O[C@]34CCCCCCC[C@H](C)[C@H]5[C@H](C)C(=O)[C@@]6(O)[C@H](O)[C@@]7(CO)O[C@H]7[C@@H]([C@H]1O3)[C@](O4)([C@H](C)[C@H]2OC(C)=O)[C@H]56. The monoisotopic (exact) mass is 590 g/mol. The second kappa shape index (κ2) is 9.08. The van der Waals surface area contributed by atoms with Crippen LogP contribution in [0.15, 0.2) is 12.2 Å². The molecule has 4 heterocycles. The van der Waals surface area contributed by atoms with Crippen molar-refractivity contribution >= 4 is 11.8 Å². The van der Waals surface area contributed by atoms with Gasteiger partial charge in [-0.2, -0.15) is 0 Å². The predicted octanol–water partition coefficient (Wildman–Crippen LogP) is 2.40. The molecule has 0 unspecified atom stereocenters. The van der Waals surface area contributed by atoms with Crippen molar-refractivity contribution in [2.45, 2.75) is 132 Å². The first kappa shape index (κ1) is 29.3. The number of carbonyl (C=O) groups excluding carboxylic acids is 2. The summed E-state index contributed by atoms with van der Waals surface area (Å²) < 4.78 is 33.4. The largest absolute Gasteiger partial charge is 0.459 e. The fourth-order valence-electron chi connectivity index (χ4n) is 10.8. The van der Waals surface area contributed by atoms with Crippen molar-refractivity contribution in [3.8, 4) is 0 Å². The third-order valence-electron chi connectivity index (χ3n) is 12.5. The van der Waals surface area contributed by atoms with Crippen molar-refractivity contribution in [1.29, 1.82) is 0 Å². The van der Waals surface area contributed by atoms with E-state index in [0.29, 0.717) is 12.0 Å². The van der Waals surface area contributed by atoms with E-state index in [2.05, 4.69) is 13.5 Å². The van der Waals surface area contributed by atoms with E-state index >= 15 is 0 Å². The van der Waals surface area contributed by atoms with Crippen molar-refractivity contribution in [1.82, 2.24) is 0 Å². The minimum atomic E-state index is -2.28. The second-order valence-corrected chi connectivity index (χ2v) is 14.6. The quantitative estimate of drug-likeness (QED) is 0.255. The Morgan fingerprint density at radius 2 is 1.74 bits per heavy atom. The molecule has 7 aliphatic rings. The van der Waals surface area contributed by atoms with Crippen LogP contribution in [0.25, 0.3) is 0 Å². The van der Waals surface area contributed by atoms with Gasteiger partial charge in [0.1, 0.15) is 30.0 Å². The Morgan fingerprint density at radius 1 is 1.05 bits per heavy atom. The summed E-state index contributed by atoms with van der Waals surface area (Å²) in [6.45, 7) is 12.8. The van der Waals surface area contributed by atoms with Crippen LogP contribution < -0.4 is 0 Å². The number of fused-ring (bicyclic) bond motifs is 1. The molecule has 7 rings (SSSR count). The van der Waals surface area contributed by atoms with Gasteiger partial charge in [0, 0.05) is 37.0 Å². The number of aliphatic hydroxyl groups excluding tert-OH is 2. The molecular weight excluding hydrogens is 544 g/mol. The summed E-state index contributed by atoms with van der Waals surface area (Å²) in [6, 6.07) is 0. The summed E-state index contributed by atoms with van der Waals surface area (Å²) >= 11 is 0. The molecule has 3 saturated carbocycles. The van der Waals surface area contributed by atoms with Crippen LogP contribution in [0.1, 0.15) is 79.6 Å². The van der Waals surface area contributed by atoms with Crippen LogP contribution in [-0.4, -0.2) is 86.5 Å². The maximum Gasteiger partial charge on any atom is 0.303 e. The molecule has 15 atom stereocenters. The van der Waals surface area contributed by atoms with Crippen LogP contribution in [-0.2, 0) is 33.3 Å². The lowest BCUT2D eigenvalue weighted by Gasteiger charge is -2.62. The van der Waals surface area contributed by atoms with Crippen molar-refractivity contribution in [2.75, 3.05) is 6.61 Å². The van der Waals surface area contributed by atoms with E-state index in [4.69, 9.17) is 23.7 Å².